The molecule has 10 atom stereocenters. The summed E-state index contributed by atoms with van der Waals surface area (Å²) in [5.74, 6) is -9.36. The molecule has 0 aromatic carbocycles. The Balaban J connectivity index is 1.72. The standard InChI is InChI=1S/C48H81N11O13/c1-25(2)24-33(42(65)56-37(26(3)4)45(68)54-32(48(71)72)14-9-10-20-49)55-43(66)34-16-13-23-59(34)47(70)38(27(5)6)57-44(67)35-17-12-22-58(35)46(69)31(18-19-36(60)61)53-40(63)29(8)51-39(62)28(7)52-41(64)30-15-11-21-50-30/h25-35,37-38,50H,9-24,49H2,1-8H3,(H,51,62)(H,52,64)(H,53,63)(H,54,68)(H,55,66)(H,56,65)(H,57,67)(H,60,61)(H,71,72)/t28-,29-,30-,31-,32-,33-,34-,35-,37-,38-/m0/s1. The Bertz CT molecular complexity index is 1940. The van der Waals surface area contributed by atoms with Gasteiger partial charge in [0.05, 0.1) is 6.04 Å². The number of unbranched alkanes of at least 4 members (excludes halogenated alkanes) is 1. The summed E-state index contributed by atoms with van der Waals surface area (Å²) in [6.07, 6.45) is 3.15. The van der Waals surface area contributed by atoms with Gasteiger partial charge in [0, 0.05) is 19.5 Å². The van der Waals surface area contributed by atoms with Crippen molar-refractivity contribution in [2.75, 3.05) is 26.2 Å². The number of likely N-dealkylation sites (tertiary alicyclic amines) is 2. The van der Waals surface area contributed by atoms with Gasteiger partial charge in [-0.3, -0.25) is 47.9 Å². The Labute approximate surface area is 421 Å². The van der Waals surface area contributed by atoms with Gasteiger partial charge in [0.25, 0.3) is 0 Å². The van der Waals surface area contributed by atoms with Gasteiger partial charge in [-0.25, -0.2) is 4.79 Å². The Morgan fingerprint density at radius 2 is 1.11 bits per heavy atom. The van der Waals surface area contributed by atoms with Crippen molar-refractivity contribution in [2.45, 2.75) is 193 Å². The number of carbonyl (C=O) groups excluding carboxylic acids is 9. The summed E-state index contributed by atoms with van der Waals surface area (Å²) >= 11 is 0. The third-order valence-corrected chi connectivity index (χ3v) is 13.2. The van der Waals surface area contributed by atoms with E-state index >= 15 is 0 Å². The van der Waals surface area contributed by atoms with Crippen LogP contribution in [0.2, 0.25) is 0 Å². The molecule has 0 unspecified atom stereocenters. The minimum absolute atomic E-state index is 0.0795. The van der Waals surface area contributed by atoms with Crippen LogP contribution in [-0.2, 0) is 52.7 Å². The van der Waals surface area contributed by atoms with E-state index in [0.29, 0.717) is 45.2 Å². The first-order valence-electron chi connectivity index (χ1n) is 25.5. The minimum Gasteiger partial charge on any atom is -0.481 e. The monoisotopic (exact) mass is 1020 g/mol. The number of carbonyl (C=O) groups is 11. The summed E-state index contributed by atoms with van der Waals surface area (Å²) in [5, 5.41) is 40.7. The molecule has 3 aliphatic heterocycles. The molecule has 0 aromatic heterocycles. The molecule has 3 fully saturated rings. The number of nitrogens with two attached hydrogens (primary N) is 1. The molecule has 24 nitrogen and oxygen atoms in total. The molecule has 0 radical (unpaired) electrons. The van der Waals surface area contributed by atoms with E-state index in [1.807, 2.05) is 13.8 Å². The van der Waals surface area contributed by atoms with Crippen LogP contribution in [0.25, 0.3) is 0 Å². The van der Waals surface area contributed by atoms with Crippen molar-refractivity contribution in [3.63, 3.8) is 0 Å². The fourth-order valence-corrected chi connectivity index (χ4v) is 9.03. The average molecular weight is 1020 g/mol. The smallest absolute Gasteiger partial charge is 0.326 e. The second kappa shape index (κ2) is 29.0. The van der Waals surface area contributed by atoms with Crippen molar-refractivity contribution in [3.05, 3.63) is 0 Å². The molecule has 0 saturated carbocycles. The number of aliphatic carboxylic acids is 2. The summed E-state index contributed by atoms with van der Waals surface area (Å²) < 4.78 is 0. The van der Waals surface area contributed by atoms with Crippen LogP contribution in [0.3, 0.4) is 0 Å². The van der Waals surface area contributed by atoms with Crippen molar-refractivity contribution in [3.8, 4) is 0 Å². The molecule has 3 rings (SSSR count). The summed E-state index contributed by atoms with van der Waals surface area (Å²) in [6, 6.07) is -10.8. The quantitative estimate of drug-likeness (QED) is 0.0401. The van der Waals surface area contributed by atoms with E-state index in [0.717, 1.165) is 6.42 Å². The second-order valence-electron chi connectivity index (χ2n) is 20.3. The Morgan fingerprint density at radius 1 is 0.556 bits per heavy atom. The zero-order chi connectivity index (χ0) is 54.0. The maximum atomic E-state index is 14.4. The third-order valence-electron chi connectivity index (χ3n) is 13.2. The molecule has 24 heteroatoms. The summed E-state index contributed by atoms with van der Waals surface area (Å²) in [4.78, 5) is 149. The molecule has 3 saturated heterocycles. The molecule has 72 heavy (non-hydrogen) atoms. The van der Waals surface area contributed by atoms with Gasteiger partial charge in [-0.05, 0) is 115 Å². The van der Waals surface area contributed by atoms with E-state index in [-0.39, 0.29) is 57.0 Å². The van der Waals surface area contributed by atoms with Gasteiger partial charge in [0.2, 0.25) is 53.2 Å². The van der Waals surface area contributed by atoms with E-state index < -0.39 is 138 Å². The van der Waals surface area contributed by atoms with E-state index in [9.17, 15) is 63.0 Å². The van der Waals surface area contributed by atoms with Gasteiger partial charge >= 0.3 is 11.9 Å². The van der Waals surface area contributed by atoms with Gasteiger partial charge in [0.1, 0.15) is 54.4 Å². The largest absolute Gasteiger partial charge is 0.481 e. The van der Waals surface area contributed by atoms with E-state index in [4.69, 9.17) is 5.73 Å². The first kappa shape index (κ1) is 60.4. The molecule has 0 aliphatic carbocycles. The first-order chi connectivity index (χ1) is 33.9. The normalized spacial score (nSPS) is 20.6. The van der Waals surface area contributed by atoms with Gasteiger partial charge < -0.3 is 68.3 Å². The van der Waals surface area contributed by atoms with Crippen LogP contribution in [0.5, 0.6) is 0 Å². The van der Waals surface area contributed by atoms with Crippen molar-refractivity contribution in [1.82, 2.24) is 52.3 Å². The third kappa shape index (κ3) is 18.0. The number of carboxylic acid groups (broad SMARTS) is 2. The Kier molecular flexibility index (Phi) is 24.3. The number of nitrogens with one attached hydrogen (secondary N) is 8. The van der Waals surface area contributed by atoms with Crippen LogP contribution in [-0.4, -0.2) is 172 Å². The molecular weight excluding hydrogens is 939 g/mol. The van der Waals surface area contributed by atoms with Crippen molar-refractivity contribution in [1.29, 1.82) is 0 Å². The van der Waals surface area contributed by atoms with E-state index in [1.54, 1.807) is 27.7 Å². The number of amides is 9. The fourth-order valence-electron chi connectivity index (χ4n) is 9.03. The first-order valence-corrected chi connectivity index (χ1v) is 25.5. The minimum atomic E-state index is -1.41. The van der Waals surface area contributed by atoms with Gasteiger partial charge in [-0.15, -0.1) is 0 Å². The molecule has 406 valence electrons. The number of carboxylic acids is 2. The van der Waals surface area contributed by atoms with Crippen molar-refractivity contribution in [2.24, 2.45) is 23.5 Å². The van der Waals surface area contributed by atoms with Crippen LogP contribution >= 0.6 is 0 Å². The Hall–Kier alpha value is -5.91. The lowest BCUT2D eigenvalue weighted by molar-refractivity contribution is -0.145. The predicted octanol–water partition coefficient (Wildman–Crippen LogP) is -1.41. The van der Waals surface area contributed by atoms with Gasteiger partial charge in [-0.2, -0.15) is 0 Å². The highest BCUT2D eigenvalue weighted by Crippen LogP contribution is 2.24. The zero-order valence-electron chi connectivity index (χ0n) is 43.2. The lowest BCUT2D eigenvalue weighted by Gasteiger charge is -2.33. The van der Waals surface area contributed by atoms with Crippen LogP contribution in [0.1, 0.15) is 132 Å². The highest BCUT2D eigenvalue weighted by atomic mass is 16.4. The molecule has 3 heterocycles. The lowest BCUT2D eigenvalue weighted by atomic mass is 9.98. The summed E-state index contributed by atoms with van der Waals surface area (Å²) in [5.41, 5.74) is 5.54. The maximum Gasteiger partial charge on any atom is 0.326 e. The number of rotatable bonds is 28. The average Bonchev–Trinajstić information content (AvgIpc) is 4.13. The SMILES string of the molecule is CC(C)C[C@H](NC(=O)[C@@H]1CCCN1C(=O)[C@@H](NC(=O)[C@@H]1CCCN1C(=O)[C@H](CCC(=O)O)NC(=O)[C@H](C)NC(=O)[C@H](C)NC(=O)[C@@H]1CCCN1)C(C)C)C(=O)N[C@H](C(=O)N[C@@H](CCCCN)C(=O)O)C(C)C. The molecular formula is C48H81N11O13. The van der Waals surface area contributed by atoms with Crippen LogP contribution in [0.4, 0.5) is 0 Å². The van der Waals surface area contributed by atoms with Crippen molar-refractivity contribution < 1.29 is 63.0 Å². The van der Waals surface area contributed by atoms with E-state index in [2.05, 4.69) is 42.5 Å². The van der Waals surface area contributed by atoms with E-state index in [1.165, 1.54) is 23.6 Å². The number of hydrogen-bond acceptors (Lipinski definition) is 13. The van der Waals surface area contributed by atoms with Crippen LogP contribution < -0.4 is 48.3 Å². The molecule has 12 N–H and O–H groups in total. The highest BCUT2D eigenvalue weighted by Gasteiger charge is 2.43. The number of hydrogen-bond donors (Lipinski definition) is 11. The lowest BCUT2D eigenvalue weighted by Crippen LogP contribution is -2.61. The zero-order valence-corrected chi connectivity index (χ0v) is 43.2. The molecule has 0 bridgehead atoms. The fraction of sp³-hybridized carbons (Fsp3) is 0.771. The maximum absolute atomic E-state index is 14.4. The predicted molar refractivity (Wildman–Crippen MR) is 262 cm³/mol. The highest BCUT2D eigenvalue weighted by molar-refractivity contribution is 5.99. The number of nitrogens with zero attached hydrogens (tertiary/aromatic N) is 2. The Morgan fingerprint density at radius 3 is 1.64 bits per heavy atom. The van der Waals surface area contributed by atoms with Crippen molar-refractivity contribution >= 4 is 65.1 Å². The summed E-state index contributed by atoms with van der Waals surface area (Å²) in [7, 11) is 0. The molecule has 3 aliphatic rings. The molecule has 0 aromatic rings. The van der Waals surface area contributed by atoms with Crippen LogP contribution in [0, 0.1) is 17.8 Å². The van der Waals surface area contributed by atoms with Gasteiger partial charge in [-0.1, -0.05) is 41.5 Å². The second-order valence-corrected chi connectivity index (χ2v) is 20.3. The van der Waals surface area contributed by atoms with Crippen LogP contribution in [0.15, 0.2) is 0 Å². The van der Waals surface area contributed by atoms with Gasteiger partial charge in [0.15, 0.2) is 0 Å². The molecule has 9 amide bonds. The molecule has 0 spiro atoms. The topological polar surface area (TPSA) is 357 Å². The summed E-state index contributed by atoms with van der Waals surface area (Å²) in [6.45, 7) is 14.6.